The van der Waals surface area contributed by atoms with Gasteiger partial charge in [0.15, 0.2) is 0 Å². The highest BCUT2D eigenvalue weighted by atomic mass is 79.9. The summed E-state index contributed by atoms with van der Waals surface area (Å²) in [6.07, 6.45) is 0.939. The third-order valence-electron chi connectivity index (χ3n) is 3.45. The van der Waals surface area contributed by atoms with Crippen molar-refractivity contribution in [2.24, 2.45) is 5.92 Å². The molecule has 1 amide bonds. The summed E-state index contributed by atoms with van der Waals surface area (Å²) < 4.78 is 1.16. The summed E-state index contributed by atoms with van der Waals surface area (Å²) in [7, 11) is 1.88. The zero-order valence-electron chi connectivity index (χ0n) is 10.9. The Balaban J connectivity index is 2.10. The summed E-state index contributed by atoms with van der Waals surface area (Å²) in [5, 5.41) is 3.06. The maximum Gasteiger partial charge on any atom is 0.226 e. The molecule has 1 unspecified atom stereocenters. The Bertz CT molecular complexity index is 447. The van der Waals surface area contributed by atoms with Crippen LogP contribution in [0.5, 0.6) is 0 Å². The number of amides is 1. The van der Waals surface area contributed by atoms with E-state index in [2.05, 4.69) is 33.4 Å². The van der Waals surface area contributed by atoms with Crippen LogP contribution in [0, 0.1) is 5.92 Å². The van der Waals surface area contributed by atoms with Gasteiger partial charge in [-0.15, -0.1) is 0 Å². The van der Waals surface area contributed by atoms with Gasteiger partial charge in [0.05, 0.1) is 0 Å². The van der Waals surface area contributed by atoms with Gasteiger partial charge >= 0.3 is 0 Å². The van der Waals surface area contributed by atoms with E-state index in [9.17, 15) is 4.79 Å². The summed E-state index contributed by atoms with van der Waals surface area (Å²) in [5.41, 5.74) is 2.61. The smallest absolute Gasteiger partial charge is 0.226 e. The first-order valence-corrected chi connectivity index (χ1v) is 7.12. The molecule has 4 heteroatoms. The van der Waals surface area contributed by atoms with Crippen LogP contribution in [0.25, 0.3) is 0 Å². The maximum atomic E-state index is 12.3. The number of halogens is 1. The average molecular weight is 311 g/mol. The van der Waals surface area contributed by atoms with E-state index < -0.39 is 0 Å². The van der Waals surface area contributed by atoms with Crippen LogP contribution in [0.3, 0.4) is 0 Å². The summed E-state index contributed by atoms with van der Waals surface area (Å²) in [4.78, 5) is 14.2. The highest BCUT2D eigenvalue weighted by Gasteiger charge is 2.24. The first-order chi connectivity index (χ1) is 8.63. The monoisotopic (exact) mass is 310 g/mol. The predicted octanol–water partition coefficient (Wildman–Crippen LogP) is 2.19. The minimum Gasteiger partial charge on any atom is -0.338 e. The Kier molecular flexibility index (Phi) is 4.40. The van der Waals surface area contributed by atoms with Gasteiger partial charge in [0.25, 0.3) is 0 Å². The molecular formula is C14H19BrN2O. The summed E-state index contributed by atoms with van der Waals surface area (Å²) in [6.45, 7) is 4.28. The molecule has 1 atom stereocenters. The number of nitrogens with zero attached hydrogens (tertiary/aromatic N) is 1. The van der Waals surface area contributed by atoms with Crippen molar-refractivity contribution in [3.8, 4) is 0 Å². The van der Waals surface area contributed by atoms with Crippen LogP contribution in [0.15, 0.2) is 22.7 Å². The quantitative estimate of drug-likeness (QED) is 0.928. The Morgan fingerprint density at radius 3 is 3.06 bits per heavy atom. The van der Waals surface area contributed by atoms with Gasteiger partial charge in [-0.1, -0.05) is 35.0 Å². The van der Waals surface area contributed by atoms with Gasteiger partial charge in [0, 0.05) is 30.0 Å². The van der Waals surface area contributed by atoms with Crippen molar-refractivity contribution in [1.82, 2.24) is 10.2 Å². The van der Waals surface area contributed by atoms with Crippen LogP contribution < -0.4 is 5.32 Å². The lowest BCUT2D eigenvalue weighted by atomic mass is 9.98. The largest absolute Gasteiger partial charge is 0.338 e. The molecule has 1 aromatic rings. The fourth-order valence-corrected chi connectivity index (χ4v) is 3.06. The Labute approximate surface area is 117 Å². The minimum atomic E-state index is 0.0451. The molecule has 0 aromatic heterocycles. The molecule has 0 fully saturated rings. The SMILES string of the molecule is CNCC(C)C(=O)N1CCc2c(Br)cccc2C1. The van der Waals surface area contributed by atoms with E-state index in [4.69, 9.17) is 0 Å². The lowest BCUT2D eigenvalue weighted by Gasteiger charge is -2.31. The number of hydrogen-bond acceptors (Lipinski definition) is 2. The van der Waals surface area contributed by atoms with Crippen LogP contribution >= 0.6 is 15.9 Å². The molecule has 1 heterocycles. The molecule has 3 nitrogen and oxygen atoms in total. The number of hydrogen-bond donors (Lipinski definition) is 1. The third-order valence-corrected chi connectivity index (χ3v) is 4.20. The molecule has 0 saturated carbocycles. The number of nitrogens with one attached hydrogen (secondary N) is 1. The van der Waals surface area contributed by atoms with Gasteiger partial charge in [-0.25, -0.2) is 0 Å². The molecule has 0 saturated heterocycles. The second kappa shape index (κ2) is 5.85. The summed E-state index contributed by atoms with van der Waals surface area (Å²) in [5.74, 6) is 0.290. The van der Waals surface area contributed by atoms with Gasteiger partial charge in [-0.2, -0.15) is 0 Å². The van der Waals surface area contributed by atoms with Crippen LogP contribution in [0.1, 0.15) is 18.1 Å². The molecule has 2 rings (SSSR count). The number of fused-ring (bicyclic) bond motifs is 1. The van der Waals surface area contributed by atoms with Crippen molar-refractivity contribution in [2.75, 3.05) is 20.1 Å². The van der Waals surface area contributed by atoms with Crippen molar-refractivity contribution in [1.29, 1.82) is 0 Å². The fraction of sp³-hybridized carbons (Fsp3) is 0.500. The zero-order valence-corrected chi connectivity index (χ0v) is 12.5. The lowest BCUT2D eigenvalue weighted by molar-refractivity contribution is -0.135. The van der Waals surface area contributed by atoms with Crippen molar-refractivity contribution in [3.05, 3.63) is 33.8 Å². The van der Waals surface area contributed by atoms with Crippen molar-refractivity contribution < 1.29 is 4.79 Å². The van der Waals surface area contributed by atoms with Crippen LogP contribution in [-0.4, -0.2) is 30.9 Å². The zero-order chi connectivity index (χ0) is 13.1. The highest BCUT2D eigenvalue weighted by Crippen LogP contribution is 2.26. The molecule has 0 spiro atoms. The molecule has 1 N–H and O–H groups in total. The Morgan fingerprint density at radius 1 is 1.56 bits per heavy atom. The average Bonchev–Trinajstić information content (AvgIpc) is 2.38. The second-order valence-corrected chi connectivity index (χ2v) is 5.70. The molecule has 0 radical (unpaired) electrons. The van der Waals surface area contributed by atoms with Gasteiger partial charge in [0.1, 0.15) is 0 Å². The number of carbonyl (C=O) groups is 1. The summed E-state index contributed by atoms with van der Waals surface area (Å²) >= 11 is 3.58. The molecule has 98 valence electrons. The molecule has 18 heavy (non-hydrogen) atoms. The van der Waals surface area contributed by atoms with E-state index in [1.807, 2.05) is 24.9 Å². The second-order valence-electron chi connectivity index (χ2n) is 4.85. The number of carbonyl (C=O) groups excluding carboxylic acids is 1. The standard InChI is InChI=1S/C14H19BrN2O/c1-10(8-16-2)14(18)17-7-6-12-11(9-17)4-3-5-13(12)15/h3-5,10,16H,6-9H2,1-2H3. The molecule has 1 aliphatic rings. The van der Waals surface area contributed by atoms with Crippen LogP contribution in [0.2, 0.25) is 0 Å². The van der Waals surface area contributed by atoms with E-state index in [0.29, 0.717) is 0 Å². The first-order valence-electron chi connectivity index (χ1n) is 6.33. The summed E-state index contributed by atoms with van der Waals surface area (Å²) in [6, 6.07) is 6.22. The topological polar surface area (TPSA) is 32.3 Å². The van der Waals surface area contributed by atoms with Gasteiger partial charge < -0.3 is 10.2 Å². The van der Waals surface area contributed by atoms with Crippen molar-refractivity contribution >= 4 is 21.8 Å². The van der Waals surface area contributed by atoms with E-state index in [1.165, 1.54) is 11.1 Å². The molecule has 1 aromatic carbocycles. The van der Waals surface area contributed by atoms with Crippen molar-refractivity contribution in [2.45, 2.75) is 19.9 Å². The van der Waals surface area contributed by atoms with E-state index in [-0.39, 0.29) is 11.8 Å². The third kappa shape index (κ3) is 2.75. The van der Waals surface area contributed by atoms with Gasteiger partial charge in [-0.05, 0) is 30.7 Å². The minimum absolute atomic E-state index is 0.0451. The maximum absolute atomic E-state index is 12.3. The molecule has 0 bridgehead atoms. The number of benzene rings is 1. The molecule has 1 aliphatic heterocycles. The normalized spacial score (nSPS) is 16.3. The highest BCUT2D eigenvalue weighted by molar-refractivity contribution is 9.10. The van der Waals surface area contributed by atoms with E-state index in [0.717, 1.165) is 30.5 Å². The first kappa shape index (κ1) is 13.6. The molecular weight excluding hydrogens is 292 g/mol. The van der Waals surface area contributed by atoms with Gasteiger partial charge in [0.2, 0.25) is 5.91 Å². The van der Waals surface area contributed by atoms with Crippen LogP contribution in [0.4, 0.5) is 0 Å². The van der Waals surface area contributed by atoms with Crippen LogP contribution in [-0.2, 0) is 17.8 Å². The van der Waals surface area contributed by atoms with Crippen molar-refractivity contribution in [3.63, 3.8) is 0 Å². The Morgan fingerprint density at radius 2 is 2.33 bits per heavy atom. The predicted molar refractivity (Wildman–Crippen MR) is 76.4 cm³/mol. The number of rotatable bonds is 3. The fourth-order valence-electron chi connectivity index (χ4n) is 2.46. The Hall–Kier alpha value is -0.870. The van der Waals surface area contributed by atoms with E-state index in [1.54, 1.807) is 0 Å². The molecule has 0 aliphatic carbocycles. The lowest BCUT2D eigenvalue weighted by Crippen LogP contribution is -2.41. The van der Waals surface area contributed by atoms with E-state index >= 15 is 0 Å². The van der Waals surface area contributed by atoms with Gasteiger partial charge in [-0.3, -0.25) is 4.79 Å².